The molecule has 0 saturated heterocycles. The first-order chi connectivity index (χ1) is 15.7. The van der Waals surface area contributed by atoms with E-state index in [0.29, 0.717) is 25.8 Å². The van der Waals surface area contributed by atoms with Gasteiger partial charge in [-0.2, -0.15) is 0 Å². The minimum Gasteiger partial charge on any atom is -0.508 e. The topological polar surface area (TPSA) is 185 Å². The number of non-ortho nitro benzene ring substituents is 1. The van der Waals surface area contributed by atoms with Gasteiger partial charge in [0.15, 0.2) is 0 Å². The van der Waals surface area contributed by atoms with Gasteiger partial charge in [-0.3, -0.25) is 19.7 Å². The maximum Gasteiger partial charge on any atom is 0.326 e. The number of nitrogens with two attached hydrogens (primary N) is 1. The minimum atomic E-state index is -1.20. The molecule has 33 heavy (non-hydrogen) atoms. The van der Waals surface area contributed by atoms with Gasteiger partial charge in [0.2, 0.25) is 5.91 Å². The van der Waals surface area contributed by atoms with E-state index < -0.39 is 28.9 Å². The van der Waals surface area contributed by atoms with Gasteiger partial charge in [0, 0.05) is 24.2 Å². The number of aromatic hydroxyl groups is 1. The van der Waals surface area contributed by atoms with Crippen molar-refractivity contribution in [2.45, 2.75) is 37.8 Å². The highest BCUT2D eigenvalue weighted by molar-refractivity contribution is 5.96. The average molecular weight is 458 g/mol. The lowest BCUT2D eigenvalue weighted by atomic mass is 10.1. The summed E-state index contributed by atoms with van der Waals surface area (Å²) in [6.07, 6.45) is 1.35. The molecule has 0 aliphatic rings. The van der Waals surface area contributed by atoms with E-state index in [1.54, 1.807) is 12.1 Å². The Morgan fingerprint density at radius 1 is 1.03 bits per heavy atom. The number of carboxylic acid groups (broad SMARTS) is 1. The number of nitrogens with zero attached hydrogens (tertiary/aromatic N) is 1. The van der Waals surface area contributed by atoms with Crippen molar-refractivity contribution in [1.82, 2.24) is 10.6 Å². The first-order valence-corrected chi connectivity index (χ1v) is 10.3. The van der Waals surface area contributed by atoms with Gasteiger partial charge in [0.05, 0.1) is 11.0 Å². The molecule has 0 bridgehead atoms. The van der Waals surface area contributed by atoms with Crippen LogP contribution in [0, 0.1) is 10.1 Å². The number of phenols is 1. The summed E-state index contributed by atoms with van der Waals surface area (Å²) in [5.74, 6) is -2.07. The fraction of sp³-hybridized carbons (Fsp3) is 0.318. The quantitative estimate of drug-likeness (QED) is 0.179. The molecule has 0 aromatic heterocycles. The zero-order chi connectivity index (χ0) is 24.4. The molecule has 11 heteroatoms. The molecule has 2 aromatic carbocycles. The van der Waals surface area contributed by atoms with Crippen molar-refractivity contribution in [3.63, 3.8) is 0 Å². The van der Waals surface area contributed by atoms with Crippen LogP contribution in [0.5, 0.6) is 5.75 Å². The molecule has 0 unspecified atom stereocenters. The number of phenolic OH excluding ortho intramolecular Hbond substituents is 1. The Labute approximate surface area is 189 Å². The molecule has 2 amide bonds. The van der Waals surface area contributed by atoms with E-state index in [9.17, 15) is 34.7 Å². The summed E-state index contributed by atoms with van der Waals surface area (Å²) in [7, 11) is 0. The molecule has 2 atom stereocenters. The van der Waals surface area contributed by atoms with Crippen LogP contribution >= 0.6 is 0 Å². The predicted octanol–water partition coefficient (Wildman–Crippen LogP) is 1.34. The van der Waals surface area contributed by atoms with Crippen molar-refractivity contribution in [3.8, 4) is 5.75 Å². The summed E-state index contributed by atoms with van der Waals surface area (Å²) in [5.41, 5.74) is 6.64. The number of hydrogen-bond acceptors (Lipinski definition) is 7. The number of amides is 2. The van der Waals surface area contributed by atoms with E-state index in [4.69, 9.17) is 5.73 Å². The maximum absolute atomic E-state index is 12.2. The van der Waals surface area contributed by atoms with E-state index >= 15 is 0 Å². The molecule has 6 N–H and O–H groups in total. The fourth-order valence-corrected chi connectivity index (χ4v) is 3.03. The zero-order valence-electron chi connectivity index (χ0n) is 17.8. The van der Waals surface area contributed by atoms with E-state index in [0.717, 1.165) is 5.56 Å². The van der Waals surface area contributed by atoms with E-state index in [2.05, 4.69) is 10.6 Å². The molecule has 0 aliphatic carbocycles. The number of rotatable bonds is 12. The van der Waals surface area contributed by atoms with Crippen LogP contribution in [-0.2, 0) is 16.0 Å². The number of carbonyl (C=O) groups is 3. The number of carboxylic acids is 1. The Bertz CT molecular complexity index is 977. The number of nitrogens with one attached hydrogen (secondary N) is 2. The van der Waals surface area contributed by atoms with Crippen LogP contribution in [0.4, 0.5) is 5.69 Å². The van der Waals surface area contributed by atoms with Gasteiger partial charge < -0.3 is 26.6 Å². The van der Waals surface area contributed by atoms with Crippen LogP contribution in [-0.4, -0.2) is 51.5 Å². The van der Waals surface area contributed by atoms with Gasteiger partial charge in [-0.15, -0.1) is 0 Å². The molecule has 11 nitrogen and oxygen atoms in total. The first kappa shape index (κ1) is 25.3. The third-order valence-corrected chi connectivity index (χ3v) is 4.89. The second kappa shape index (κ2) is 12.2. The Balaban J connectivity index is 1.73. The normalized spacial score (nSPS) is 12.4. The van der Waals surface area contributed by atoms with Crippen LogP contribution < -0.4 is 16.4 Å². The first-order valence-electron chi connectivity index (χ1n) is 10.3. The largest absolute Gasteiger partial charge is 0.508 e. The van der Waals surface area contributed by atoms with Crippen molar-refractivity contribution in [2.75, 3.05) is 6.54 Å². The lowest BCUT2D eigenvalue weighted by Crippen LogP contribution is -2.42. The van der Waals surface area contributed by atoms with Crippen molar-refractivity contribution in [1.29, 1.82) is 0 Å². The number of carbonyl (C=O) groups excluding carboxylic acids is 2. The molecular formula is C22H26N4O7. The molecule has 0 heterocycles. The van der Waals surface area contributed by atoms with Gasteiger partial charge in [0.25, 0.3) is 11.6 Å². The Morgan fingerprint density at radius 3 is 2.24 bits per heavy atom. The molecule has 0 aliphatic heterocycles. The molecule has 0 fully saturated rings. The van der Waals surface area contributed by atoms with E-state index in [-0.39, 0.29) is 29.3 Å². The summed E-state index contributed by atoms with van der Waals surface area (Å²) in [5, 5.41) is 34.4. The summed E-state index contributed by atoms with van der Waals surface area (Å²) < 4.78 is 0. The van der Waals surface area contributed by atoms with E-state index in [1.165, 1.54) is 36.4 Å². The number of nitro groups is 1. The summed E-state index contributed by atoms with van der Waals surface area (Å²) in [6, 6.07) is 9.33. The highest BCUT2D eigenvalue weighted by Gasteiger charge is 2.21. The fourth-order valence-electron chi connectivity index (χ4n) is 3.03. The van der Waals surface area contributed by atoms with Crippen LogP contribution in [0.3, 0.4) is 0 Å². The molecule has 176 valence electrons. The van der Waals surface area contributed by atoms with Crippen LogP contribution in [0.25, 0.3) is 0 Å². The standard InChI is InChI=1S/C22H26N4O7/c23-18(13-14-4-10-17(27)11-5-14)21(29)24-12-2-1-3-19(22(30)31)25-20(28)15-6-8-16(9-7-15)26(32)33/h4-11,18-19,27H,1-3,12-13,23H2,(H,24,29)(H,25,28)(H,30,31)/t18-,19-/m0/s1. The van der Waals surface area contributed by atoms with Crippen LogP contribution in [0.2, 0.25) is 0 Å². The Morgan fingerprint density at radius 2 is 1.67 bits per heavy atom. The van der Waals surface area contributed by atoms with Crippen LogP contribution in [0.15, 0.2) is 48.5 Å². The predicted molar refractivity (Wildman–Crippen MR) is 119 cm³/mol. The SMILES string of the molecule is N[C@@H](Cc1ccc(O)cc1)C(=O)NCCCC[C@H](NC(=O)c1ccc([N+](=O)[O-])cc1)C(=O)O. The van der Waals surface area contributed by atoms with Crippen LogP contribution in [0.1, 0.15) is 35.2 Å². The second-order valence-electron chi connectivity index (χ2n) is 7.43. The van der Waals surface area contributed by atoms with Gasteiger partial charge in [0.1, 0.15) is 11.8 Å². The number of nitro benzene ring substituents is 1. The maximum atomic E-state index is 12.2. The van der Waals surface area contributed by atoms with Gasteiger partial charge in [-0.05, 0) is 55.5 Å². The number of aliphatic carboxylic acids is 1. The van der Waals surface area contributed by atoms with Crippen molar-refractivity contribution >= 4 is 23.5 Å². The number of benzene rings is 2. The lowest BCUT2D eigenvalue weighted by Gasteiger charge is -2.15. The Kier molecular flexibility index (Phi) is 9.30. The smallest absolute Gasteiger partial charge is 0.326 e. The molecule has 0 spiro atoms. The molecule has 0 saturated carbocycles. The number of unbranched alkanes of at least 4 members (excludes halogenated alkanes) is 1. The lowest BCUT2D eigenvalue weighted by molar-refractivity contribution is -0.384. The minimum absolute atomic E-state index is 0.113. The molecule has 0 radical (unpaired) electrons. The summed E-state index contributed by atoms with van der Waals surface area (Å²) >= 11 is 0. The third-order valence-electron chi connectivity index (χ3n) is 4.89. The van der Waals surface area contributed by atoms with Gasteiger partial charge >= 0.3 is 5.97 Å². The third kappa shape index (κ3) is 8.22. The van der Waals surface area contributed by atoms with Crippen molar-refractivity contribution in [3.05, 3.63) is 69.8 Å². The zero-order valence-corrected chi connectivity index (χ0v) is 17.8. The molecular weight excluding hydrogens is 432 g/mol. The summed E-state index contributed by atoms with van der Waals surface area (Å²) in [6.45, 7) is 0.296. The number of hydrogen-bond donors (Lipinski definition) is 5. The average Bonchev–Trinajstić information content (AvgIpc) is 2.79. The monoisotopic (exact) mass is 458 g/mol. The Hall–Kier alpha value is -3.99. The molecule has 2 rings (SSSR count). The molecule has 2 aromatic rings. The van der Waals surface area contributed by atoms with Crippen molar-refractivity contribution in [2.24, 2.45) is 5.73 Å². The highest BCUT2D eigenvalue weighted by Crippen LogP contribution is 2.13. The van der Waals surface area contributed by atoms with Gasteiger partial charge in [-0.25, -0.2) is 4.79 Å². The second-order valence-corrected chi connectivity index (χ2v) is 7.43. The highest BCUT2D eigenvalue weighted by atomic mass is 16.6. The summed E-state index contributed by atoms with van der Waals surface area (Å²) in [4.78, 5) is 45.9. The van der Waals surface area contributed by atoms with Gasteiger partial charge in [-0.1, -0.05) is 12.1 Å². The van der Waals surface area contributed by atoms with E-state index in [1.807, 2.05) is 0 Å². The van der Waals surface area contributed by atoms with Crippen molar-refractivity contribution < 1.29 is 29.5 Å².